The van der Waals surface area contributed by atoms with Gasteiger partial charge in [-0.15, -0.1) is 0 Å². The molecule has 0 aliphatic rings. The second-order valence-corrected chi connectivity index (χ2v) is 4.50. The topological polar surface area (TPSA) is 75.4 Å². The second-order valence-electron chi connectivity index (χ2n) is 4.50. The Kier molecular flexibility index (Phi) is 4.75. The standard InChI is InChI=1S/C12H17FN2O3/c1-3-12(2,8-16)14-7-9-4-10(13)6-11(5-9)15(17)18/h4-6,14,16H,3,7-8H2,1-2H3. The second kappa shape index (κ2) is 5.88. The number of hydrogen-bond donors (Lipinski definition) is 2. The Morgan fingerprint density at radius 1 is 1.50 bits per heavy atom. The quantitative estimate of drug-likeness (QED) is 0.603. The number of nitrogens with one attached hydrogen (secondary N) is 1. The summed E-state index contributed by atoms with van der Waals surface area (Å²) in [4.78, 5) is 9.97. The van der Waals surface area contributed by atoms with E-state index in [-0.39, 0.29) is 18.8 Å². The summed E-state index contributed by atoms with van der Waals surface area (Å²) >= 11 is 0. The molecule has 1 atom stereocenters. The number of aliphatic hydroxyl groups excluding tert-OH is 1. The van der Waals surface area contributed by atoms with Gasteiger partial charge >= 0.3 is 0 Å². The van der Waals surface area contributed by atoms with Crippen LogP contribution < -0.4 is 5.32 Å². The first kappa shape index (κ1) is 14.5. The van der Waals surface area contributed by atoms with Gasteiger partial charge in [0, 0.05) is 18.2 Å². The lowest BCUT2D eigenvalue weighted by molar-refractivity contribution is -0.385. The summed E-state index contributed by atoms with van der Waals surface area (Å²) in [5.41, 5.74) is -0.259. The van der Waals surface area contributed by atoms with Crippen LogP contribution in [0.5, 0.6) is 0 Å². The Morgan fingerprint density at radius 2 is 2.17 bits per heavy atom. The highest BCUT2D eigenvalue weighted by molar-refractivity contribution is 5.35. The average molecular weight is 256 g/mol. The van der Waals surface area contributed by atoms with E-state index in [2.05, 4.69) is 5.32 Å². The number of nitro groups is 1. The molecule has 0 aromatic heterocycles. The van der Waals surface area contributed by atoms with Crippen LogP contribution >= 0.6 is 0 Å². The third-order valence-corrected chi connectivity index (χ3v) is 3.00. The van der Waals surface area contributed by atoms with E-state index in [9.17, 15) is 19.6 Å². The van der Waals surface area contributed by atoms with Gasteiger partial charge in [0.2, 0.25) is 0 Å². The zero-order chi connectivity index (χ0) is 13.8. The molecule has 0 saturated carbocycles. The lowest BCUT2D eigenvalue weighted by Crippen LogP contribution is -2.44. The van der Waals surface area contributed by atoms with Crippen LogP contribution in [0.2, 0.25) is 0 Å². The van der Waals surface area contributed by atoms with Crippen molar-refractivity contribution in [3.05, 3.63) is 39.7 Å². The molecule has 5 nitrogen and oxygen atoms in total. The van der Waals surface area contributed by atoms with Crippen molar-refractivity contribution in [3.8, 4) is 0 Å². The summed E-state index contributed by atoms with van der Waals surface area (Å²) in [5, 5.41) is 22.9. The third-order valence-electron chi connectivity index (χ3n) is 3.00. The molecule has 0 spiro atoms. The van der Waals surface area contributed by atoms with E-state index in [4.69, 9.17) is 0 Å². The number of nitro benzene ring substituents is 1. The molecule has 0 heterocycles. The van der Waals surface area contributed by atoms with Crippen LogP contribution in [-0.2, 0) is 6.54 Å². The molecule has 0 fully saturated rings. The van der Waals surface area contributed by atoms with Gasteiger partial charge in [-0.1, -0.05) is 6.92 Å². The van der Waals surface area contributed by atoms with Gasteiger partial charge in [0.15, 0.2) is 0 Å². The van der Waals surface area contributed by atoms with E-state index in [1.165, 1.54) is 12.1 Å². The van der Waals surface area contributed by atoms with Crippen LogP contribution in [0.25, 0.3) is 0 Å². The van der Waals surface area contributed by atoms with Gasteiger partial charge in [0.25, 0.3) is 5.69 Å². The van der Waals surface area contributed by atoms with Crippen molar-refractivity contribution in [1.29, 1.82) is 0 Å². The predicted octanol–water partition coefficient (Wildman–Crippen LogP) is 1.98. The molecule has 1 aromatic rings. The number of non-ortho nitro benzene ring substituents is 1. The largest absolute Gasteiger partial charge is 0.394 e. The van der Waals surface area contributed by atoms with Crippen LogP contribution in [0.1, 0.15) is 25.8 Å². The highest BCUT2D eigenvalue weighted by Crippen LogP contribution is 2.17. The number of hydrogen-bond acceptors (Lipinski definition) is 4. The molecule has 0 saturated heterocycles. The molecule has 2 N–H and O–H groups in total. The Balaban J connectivity index is 2.82. The molecule has 0 radical (unpaired) electrons. The van der Waals surface area contributed by atoms with Crippen molar-refractivity contribution in [2.75, 3.05) is 6.61 Å². The SMILES string of the molecule is CCC(C)(CO)NCc1cc(F)cc([N+](=O)[O-])c1. The molecule has 1 rings (SSSR count). The fourth-order valence-electron chi connectivity index (χ4n) is 1.45. The average Bonchev–Trinajstić information content (AvgIpc) is 2.35. The maximum Gasteiger partial charge on any atom is 0.272 e. The number of benzene rings is 1. The molecular weight excluding hydrogens is 239 g/mol. The first-order valence-electron chi connectivity index (χ1n) is 5.70. The molecule has 0 amide bonds. The van der Waals surface area contributed by atoms with E-state index >= 15 is 0 Å². The van der Waals surface area contributed by atoms with Gasteiger partial charge < -0.3 is 10.4 Å². The van der Waals surface area contributed by atoms with Crippen LogP contribution in [0.4, 0.5) is 10.1 Å². The van der Waals surface area contributed by atoms with Crippen LogP contribution in [0.15, 0.2) is 18.2 Å². The number of halogens is 1. The van der Waals surface area contributed by atoms with E-state index in [1.54, 1.807) is 0 Å². The molecular formula is C12H17FN2O3. The van der Waals surface area contributed by atoms with Gasteiger partial charge in [0.1, 0.15) is 5.82 Å². The zero-order valence-electron chi connectivity index (χ0n) is 10.4. The molecule has 1 aromatic carbocycles. The van der Waals surface area contributed by atoms with Crippen LogP contribution in [-0.4, -0.2) is 22.2 Å². The molecule has 0 aliphatic carbocycles. The summed E-state index contributed by atoms with van der Waals surface area (Å²) < 4.78 is 13.2. The predicted molar refractivity (Wildman–Crippen MR) is 65.7 cm³/mol. The van der Waals surface area contributed by atoms with E-state index in [0.717, 1.165) is 6.07 Å². The van der Waals surface area contributed by atoms with Crippen molar-refractivity contribution in [1.82, 2.24) is 5.32 Å². The fraction of sp³-hybridized carbons (Fsp3) is 0.500. The maximum atomic E-state index is 13.2. The minimum absolute atomic E-state index is 0.0547. The molecule has 0 aliphatic heterocycles. The Labute approximate surface area is 105 Å². The van der Waals surface area contributed by atoms with Crippen molar-refractivity contribution in [3.63, 3.8) is 0 Å². The molecule has 100 valence electrons. The van der Waals surface area contributed by atoms with Gasteiger partial charge in [0.05, 0.1) is 17.6 Å². The zero-order valence-corrected chi connectivity index (χ0v) is 10.4. The molecule has 1 unspecified atom stereocenters. The smallest absolute Gasteiger partial charge is 0.272 e. The van der Waals surface area contributed by atoms with Crippen LogP contribution in [0.3, 0.4) is 0 Å². The Morgan fingerprint density at radius 3 is 2.67 bits per heavy atom. The normalized spacial score (nSPS) is 14.2. The maximum absolute atomic E-state index is 13.2. The van der Waals surface area contributed by atoms with Crippen LogP contribution in [0, 0.1) is 15.9 Å². The summed E-state index contributed by atoms with van der Waals surface area (Å²) in [6.07, 6.45) is 0.695. The van der Waals surface area contributed by atoms with Crippen molar-refractivity contribution in [2.45, 2.75) is 32.4 Å². The van der Waals surface area contributed by atoms with E-state index in [1.807, 2.05) is 13.8 Å². The lowest BCUT2D eigenvalue weighted by Gasteiger charge is -2.27. The van der Waals surface area contributed by atoms with Crippen molar-refractivity contribution >= 4 is 5.69 Å². The minimum atomic E-state index is -0.636. The Bertz CT molecular complexity index is 433. The first-order valence-corrected chi connectivity index (χ1v) is 5.70. The summed E-state index contributed by atoms with van der Waals surface area (Å²) in [7, 11) is 0. The number of aliphatic hydroxyl groups is 1. The number of nitrogens with zero attached hydrogens (tertiary/aromatic N) is 1. The number of rotatable bonds is 6. The monoisotopic (exact) mass is 256 g/mol. The highest BCUT2D eigenvalue weighted by atomic mass is 19.1. The van der Waals surface area contributed by atoms with E-state index in [0.29, 0.717) is 12.0 Å². The highest BCUT2D eigenvalue weighted by Gasteiger charge is 2.20. The fourth-order valence-corrected chi connectivity index (χ4v) is 1.45. The van der Waals surface area contributed by atoms with Gasteiger partial charge in [-0.2, -0.15) is 0 Å². The lowest BCUT2D eigenvalue weighted by atomic mass is 10.00. The Hall–Kier alpha value is -1.53. The summed E-state index contributed by atoms with van der Waals surface area (Å²) in [6, 6.07) is 3.45. The van der Waals surface area contributed by atoms with Crippen molar-refractivity contribution < 1.29 is 14.4 Å². The third kappa shape index (κ3) is 3.75. The molecule has 18 heavy (non-hydrogen) atoms. The first-order chi connectivity index (χ1) is 8.40. The van der Waals surface area contributed by atoms with Gasteiger partial charge in [-0.3, -0.25) is 10.1 Å². The summed E-state index contributed by atoms with van der Waals surface area (Å²) in [6.45, 7) is 3.96. The molecule has 6 heteroatoms. The van der Waals surface area contributed by atoms with Gasteiger partial charge in [-0.05, 0) is 25.0 Å². The molecule has 0 bridgehead atoms. The van der Waals surface area contributed by atoms with E-state index < -0.39 is 16.3 Å². The van der Waals surface area contributed by atoms with Gasteiger partial charge in [-0.25, -0.2) is 4.39 Å². The summed E-state index contributed by atoms with van der Waals surface area (Å²) in [5.74, 6) is -0.636. The van der Waals surface area contributed by atoms with Crippen molar-refractivity contribution in [2.24, 2.45) is 0 Å². The minimum Gasteiger partial charge on any atom is -0.394 e.